The molecule has 6 heteroatoms. The summed E-state index contributed by atoms with van der Waals surface area (Å²) in [5.41, 5.74) is 5.06. The SMILES string of the molecule is Cc1ccc(Nc2cc(N3CCC(N4CCc5ccccc5C4)C(O)C3)ncn2)cc1. The average Bonchev–Trinajstić information content (AvgIpc) is 2.80. The van der Waals surface area contributed by atoms with Crippen LogP contribution in [-0.4, -0.2) is 51.8 Å². The minimum absolute atomic E-state index is 0.191. The maximum atomic E-state index is 11.0. The van der Waals surface area contributed by atoms with Gasteiger partial charge in [0.25, 0.3) is 0 Å². The normalized spacial score (nSPS) is 21.5. The fourth-order valence-corrected chi connectivity index (χ4v) is 4.73. The number of nitrogens with one attached hydrogen (secondary N) is 1. The van der Waals surface area contributed by atoms with Crippen LogP contribution in [0.1, 0.15) is 23.1 Å². The number of nitrogens with zero attached hydrogens (tertiary/aromatic N) is 4. The largest absolute Gasteiger partial charge is 0.390 e. The Balaban J connectivity index is 1.24. The molecule has 2 atom stereocenters. The molecule has 2 aromatic carbocycles. The Bertz CT molecular complexity index is 1040. The van der Waals surface area contributed by atoms with Crippen LogP contribution >= 0.6 is 0 Å². The maximum Gasteiger partial charge on any atom is 0.135 e. The molecule has 2 aliphatic rings. The molecule has 5 rings (SSSR count). The molecule has 0 bridgehead atoms. The average molecular weight is 416 g/mol. The highest BCUT2D eigenvalue weighted by molar-refractivity contribution is 5.59. The van der Waals surface area contributed by atoms with E-state index in [1.54, 1.807) is 6.33 Å². The highest BCUT2D eigenvalue weighted by Gasteiger charge is 2.34. The van der Waals surface area contributed by atoms with E-state index in [9.17, 15) is 5.11 Å². The Morgan fingerprint density at radius 3 is 2.61 bits per heavy atom. The number of piperidine rings is 1. The van der Waals surface area contributed by atoms with E-state index >= 15 is 0 Å². The molecule has 3 aromatic rings. The molecule has 0 aliphatic carbocycles. The Morgan fingerprint density at radius 2 is 1.81 bits per heavy atom. The van der Waals surface area contributed by atoms with Crippen LogP contribution < -0.4 is 10.2 Å². The molecule has 0 amide bonds. The van der Waals surface area contributed by atoms with Gasteiger partial charge in [-0.2, -0.15) is 0 Å². The maximum absolute atomic E-state index is 11.0. The van der Waals surface area contributed by atoms with E-state index in [1.807, 2.05) is 18.2 Å². The molecule has 3 heterocycles. The third kappa shape index (κ3) is 4.40. The number of β-amino-alcohol motifs (C(OH)–C–C–N with tert-alkyl or cyclic N) is 1. The number of hydrogen-bond donors (Lipinski definition) is 2. The van der Waals surface area contributed by atoms with Crippen molar-refractivity contribution in [2.45, 2.75) is 38.5 Å². The first-order chi connectivity index (χ1) is 15.2. The lowest BCUT2D eigenvalue weighted by atomic mass is 9.94. The molecule has 0 radical (unpaired) electrons. The third-order valence-corrected chi connectivity index (χ3v) is 6.48. The molecule has 2 aliphatic heterocycles. The molecule has 31 heavy (non-hydrogen) atoms. The van der Waals surface area contributed by atoms with Crippen molar-refractivity contribution in [2.75, 3.05) is 29.9 Å². The van der Waals surface area contributed by atoms with Crippen LogP contribution in [0.25, 0.3) is 0 Å². The number of hydrogen-bond acceptors (Lipinski definition) is 6. The predicted molar refractivity (Wildman–Crippen MR) is 124 cm³/mol. The molecule has 0 saturated carbocycles. The van der Waals surface area contributed by atoms with Crippen molar-refractivity contribution in [1.82, 2.24) is 14.9 Å². The molecule has 2 N–H and O–H groups in total. The Hall–Kier alpha value is -2.96. The quantitative estimate of drug-likeness (QED) is 0.680. The van der Waals surface area contributed by atoms with E-state index in [-0.39, 0.29) is 6.04 Å². The third-order valence-electron chi connectivity index (χ3n) is 6.48. The molecular weight excluding hydrogens is 386 g/mol. The van der Waals surface area contributed by atoms with E-state index < -0.39 is 6.10 Å². The number of aryl methyl sites for hydroxylation is 1. The summed E-state index contributed by atoms with van der Waals surface area (Å²) in [4.78, 5) is 13.5. The van der Waals surface area contributed by atoms with Crippen molar-refractivity contribution in [1.29, 1.82) is 0 Å². The number of aromatic nitrogens is 2. The minimum atomic E-state index is -0.400. The van der Waals surface area contributed by atoms with Crippen molar-refractivity contribution < 1.29 is 5.11 Å². The highest BCUT2D eigenvalue weighted by Crippen LogP contribution is 2.27. The number of anilines is 3. The van der Waals surface area contributed by atoms with E-state index in [2.05, 4.69) is 68.4 Å². The van der Waals surface area contributed by atoms with Gasteiger partial charge >= 0.3 is 0 Å². The number of fused-ring (bicyclic) bond motifs is 1. The van der Waals surface area contributed by atoms with E-state index in [0.29, 0.717) is 6.54 Å². The number of rotatable bonds is 4. The molecule has 0 spiro atoms. The van der Waals surface area contributed by atoms with Gasteiger partial charge in [0.2, 0.25) is 0 Å². The summed E-state index contributed by atoms with van der Waals surface area (Å²) in [6.07, 6.45) is 3.17. The molecular formula is C25H29N5O. The highest BCUT2D eigenvalue weighted by atomic mass is 16.3. The number of benzene rings is 2. The van der Waals surface area contributed by atoms with Crippen molar-refractivity contribution >= 4 is 17.3 Å². The summed E-state index contributed by atoms with van der Waals surface area (Å²) in [7, 11) is 0. The van der Waals surface area contributed by atoms with Crippen molar-refractivity contribution in [2.24, 2.45) is 0 Å². The lowest BCUT2D eigenvalue weighted by Gasteiger charge is -2.43. The smallest absolute Gasteiger partial charge is 0.135 e. The van der Waals surface area contributed by atoms with Crippen LogP contribution in [0.5, 0.6) is 0 Å². The van der Waals surface area contributed by atoms with Gasteiger partial charge in [0.05, 0.1) is 6.10 Å². The fraction of sp³-hybridized carbons (Fsp3) is 0.360. The predicted octanol–water partition coefficient (Wildman–Crippen LogP) is 3.53. The second-order valence-corrected chi connectivity index (χ2v) is 8.61. The molecule has 1 fully saturated rings. The van der Waals surface area contributed by atoms with Crippen LogP contribution in [0.15, 0.2) is 60.9 Å². The van der Waals surface area contributed by atoms with Crippen LogP contribution in [0.3, 0.4) is 0 Å². The lowest BCUT2D eigenvalue weighted by molar-refractivity contribution is 0.0293. The summed E-state index contributed by atoms with van der Waals surface area (Å²) in [5, 5.41) is 14.3. The molecule has 1 aromatic heterocycles. The molecule has 160 valence electrons. The van der Waals surface area contributed by atoms with Crippen LogP contribution in [0.2, 0.25) is 0 Å². The zero-order valence-electron chi connectivity index (χ0n) is 17.9. The van der Waals surface area contributed by atoms with Crippen molar-refractivity contribution in [3.63, 3.8) is 0 Å². The van der Waals surface area contributed by atoms with Gasteiger partial charge in [0.15, 0.2) is 0 Å². The van der Waals surface area contributed by atoms with Gasteiger partial charge in [-0.3, -0.25) is 4.90 Å². The van der Waals surface area contributed by atoms with E-state index in [0.717, 1.165) is 49.8 Å². The second kappa shape index (κ2) is 8.65. The Kier molecular flexibility index (Phi) is 5.57. The summed E-state index contributed by atoms with van der Waals surface area (Å²) < 4.78 is 0. The van der Waals surface area contributed by atoms with Crippen LogP contribution in [0, 0.1) is 6.92 Å². The van der Waals surface area contributed by atoms with Crippen LogP contribution in [-0.2, 0) is 13.0 Å². The van der Waals surface area contributed by atoms with Gasteiger partial charge in [-0.1, -0.05) is 42.0 Å². The zero-order valence-corrected chi connectivity index (χ0v) is 17.9. The second-order valence-electron chi connectivity index (χ2n) is 8.61. The lowest BCUT2D eigenvalue weighted by Crippen LogP contribution is -2.55. The molecule has 6 nitrogen and oxygen atoms in total. The first-order valence-electron chi connectivity index (χ1n) is 11.1. The first-order valence-corrected chi connectivity index (χ1v) is 11.1. The van der Waals surface area contributed by atoms with Crippen molar-refractivity contribution in [3.05, 3.63) is 77.6 Å². The summed E-state index contributed by atoms with van der Waals surface area (Å²) in [6.45, 7) is 5.47. The van der Waals surface area contributed by atoms with Gasteiger partial charge in [0.1, 0.15) is 18.0 Å². The van der Waals surface area contributed by atoms with E-state index in [1.165, 1.54) is 16.7 Å². The Labute approximate surface area is 183 Å². The van der Waals surface area contributed by atoms with Crippen LogP contribution in [0.4, 0.5) is 17.3 Å². The van der Waals surface area contributed by atoms with Gasteiger partial charge in [-0.05, 0) is 43.0 Å². The summed E-state index contributed by atoms with van der Waals surface area (Å²) >= 11 is 0. The van der Waals surface area contributed by atoms with Gasteiger partial charge in [-0.15, -0.1) is 0 Å². The zero-order chi connectivity index (χ0) is 21.2. The number of aliphatic hydroxyl groups excluding tert-OH is 1. The van der Waals surface area contributed by atoms with E-state index in [4.69, 9.17) is 0 Å². The summed E-state index contributed by atoms with van der Waals surface area (Å²) in [6, 6.07) is 19.1. The standard InChI is InChI=1S/C25H29N5O/c1-18-6-8-21(9-7-18)28-24-14-25(27-17-26-24)30-13-11-22(23(31)16-30)29-12-10-19-4-2-3-5-20(19)15-29/h2-9,14,17,22-23,31H,10-13,15-16H2,1H3,(H,26,27,28). The topological polar surface area (TPSA) is 64.5 Å². The summed E-state index contributed by atoms with van der Waals surface area (Å²) in [5.74, 6) is 1.62. The minimum Gasteiger partial charge on any atom is -0.390 e. The molecule has 2 unspecified atom stereocenters. The van der Waals surface area contributed by atoms with Crippen molar-refractivity contribution in [3.8, 4) is 0 Å². The van der Waals surface area contributed by atoms with Gasteiger partial charge < -0.3 is 15.3 Å². The first kappa shape index (κ1) is 20.0. The monoisotopic (exact) mass is 415 g/mol. The molecule has 1 saturated heterocycles. The fourth-order valence-electron chi connectivity index (χ4n) is 4.73. The van der Waals surface area contributed by atoms with Gasteiger partial charge in [-0.25, -0.2) is 9.97 Å². The number of aliphatic hydroxyl groups is 1. The van der Waals surface area contributed by atoms with Gasteiger partial charge in [0, 0.05) is 44.0 Å². The Morgan fingerprint density at radius 1 is 1.00 bits per heavy atom.